The molecule has 0 saturated heterocycles. The van der Waals surface area contributed by atoms with Crippen molar-refractivity contribution in [2.75, 3.05) is 33.8 Å². The van der Waals surface area contributed by atoms with Crippen LogP contribution in [0, 0.1) is 0 Å². The highest BCUT2D eigenvalue weighted by Gasteiger charge is 2.26. The van der Waals surface area contributed by atoms with Crippen LogP contribution < -0.4 is 24.3 Å². The molecule has 1 unspecified atom stereocenters. The maximum absolute atomic E-state index is 12.8. The van der Waals surface area contributed by atoms with Gasteiger partial charge in [-0.2, -0.15) is 10.2 Å². The number of benzene rings is 2. The second-order valence-corrected chi connectivity index (χ2v) is 6.38. The molecule has 0 aliphatic carbocycles. The number of methoxy groups -OCH3 is 4. The zero-order chi connectivity index (χ0) is 22.3. The van der Waals surface area contributed by atoms with Crippen LogP contribution in [-0.4, -0.2) is 46.2 Å². The highest BCUT2D eigenvalue weighted by atomic mass is 35.5. The second kappa shape index (κ2) is 10.4. The third-order valence-corrected chi connectivity index (χ3v) is 4.24. The molecule has 10 heteroatoms. The Morgan fingerprint density at radius 2 is 1.53 bits per heavy atom. The van der Waals surface area contributed by atoms with Gasteiger partial charge in [0, 0.05) is 23.2 Å². The number of Topliss-reactive ketones (excluding diaryl/α,β-unsaturated/α-hetero) is 1. The van der Waals surface area contributed by atoms with E-state index in [1.165, 1.54) is 47.5 Å². The van der Waals surface area contributed by atoms with Crippen molar-refractivity contribution in [2.24, 2.45) is 10.2 Å². The Hall–Kier alpha value is -3.33. The first kappa shape index (κ1) is 23.0. The maximum Gasteiger partial charge on any atom is 0.259 e. The number of hydrogen-bond donors (Lipinski definition) is 1. The number of halogens is 1. The summed E-state index contributed by atoms with van der Waals surface area (Å²) in [6.07, 6.45) is 0. The Balaban J connectivity index is 2.33. The highest BCUT2D eigenvalue weighted by Crippen LogP contribution is 2.38. The smallest absolute Gasteiger partial charge is 0.259 e. The van der Waals surface area contributed by atoms with Crippen molar-refractivity contribution in [1.82, 2.24) is 0 Å². The zero-order valence-corrected chi connectivity index (χ0v) is 17.9. The van der Waals surface area contributed by atoms with Crippen molar-refractivity contribution < 1.29 is 28.5 Å². The van der Waals surface area contributed by atoms with Gasteiger partial charge in [0.15, 0.2) is 5.78 Å². The SMILES string of the molecule is COc1ccc(N=NC(C(C)=O)C(=O)Nc2c(OC)cc(Cl)cc2OC)c(OC)c1. The molecule has 2 aromatic rings. The molecular weight excluding hydrogens is 414 g/mol. The van der Waals surface area contributed by atoms with E-state index < -0.39 is 17.7 Å². The summed E-state index contributed by atoms with van der Waals surface area (Å²) in [5.41, 5.74) is 0.553. The van der Waals surface area contributed by atoms with Crippen LogP contribution in [0.5, 0.6) is 23.0 Å². The summed E-state index contributed by atoms with van der Waals surface area (Å²) >= 11 is 6.02. The van der Waals surface area contributed by atoms with E-state index in [1.807, 2.05) is 0 Å². The topological polar surface area (TPSA) is 108 Å². The van der Waals surface area contributed by atoms with Crippen LogP contribution in [0.2, 0.25) is 5.02 Å². The van der Waals surface area contributed by atoms with Gasteiger partial charge in [0.1, 0.15) is 34.4 Å². The lowest BCUT2D eigenvalue weighted by Crippen LogP contribution is -2.32. The fourth-order valence-electron chi connectivity index (χ4n) is 2.50. The predicted molar refractivity (Wildman–Crippen MR) is 112 cm³/mol. The molecule has 0 heterocycles. The van der Waals surface area contributed by atoms with Crippen molar-refractivity contribution in [1.29, 1.82) is 0 Å². The lowest BCUT2D eigenvalue weighted by atomic mass is 10.2. The number of azo groups is 1. The van der Waals surface area contributed by atoms with Gasteiger partial charge in [-0.15, -0.1) is 0 Å². The molecule has 30 heavy (non-hydrogen) atoms. The molecule has 0 spiro atoms. The predicted octanol–water partition coefficient (Wildman–Crippen LogP) is 4.05. The van der Waals surface area contributed by atoms with E-state index in [9.17, 15) is 9.59 Å². The number of nitrogens with zero attached hydrogens (tertiary/aromatic N) is 2. The fourth-order valence-corrected chi connectivity index (χ4v) is 2.70. The minimum Gasteiger partial charge on any atom is -0.497 e. The Morgan fingerprint density at radius 1 is 0.933 bits per heavy atom. The Kier molecular flexibility index (Phi) is 7.99. The van der Waals surface area contributed by atoms with Crippen LogP contribution >= 0.6 is 11.6 Å². The van der Waals surface area contributed by atoms with Crippen LogP contribution in [0.3, 0.4) is 0 Å². The largest absolute Gasteiger partial charge is 0.497 e. The summed E-state index contributed by atoms with van der Waals surface area (Å²) in [5.74, 6) is 0.260. The summed E-state index contributed by atoms with van der Waals surface area (Å²) in [5, 5.41) is 10.9. The van der Waals surface area contributed by atoms with Crippen LogP contribution in [0.4, 0.5) is 11.4 Å². The summed E-state index contributed by atoms with van der Waals surface area (Å²) in [7, 11) is 5.81. The summed E-state index contributed by atoms with van der Waals surface area (Å²) in [6.45, 7) is 1.24. The third kappa shape index (κ3) is 5.38. The molecule has 0 fully saturated rings. The van der Waals surface area contributed by atoms with Gasteiger partial charge in [-0.05, 0) is 19.1 Å². The van der Waals surface area contributed by atoms with Gasteiger partial charge in [0.25, 0.3) is 5.91 Å². The van der Waals surface area contributed by atoms with E-state index in [0.717, 1.165) is 0 Å². The summed E-state index contributed by atoms with van der Waals surface area (Å²) in [6, 6.07) is 6.48. The number of ether oxygens (including phenoxy) is 4. The Labute approximate surface area is 178 Å². The normalized spacial score (nSPS) is 11.7. The van der Waals surface area contributed by atoms with Crippen molar-refractivity contribution in [3.05, 3.63) is 35.4 Å². The molecule has 0 aliphatic heterocycles. The van der Waals surface area contributed by atoms with E-state index in [2.05, 4.69) is 15.5 Å². The van der Waals surface area contributed by atoms with E-state index >= 15 is 0 Å². The number of anilines is 1. The van der Waals surface area contributed by atoms with Crippen LogP contribution in [-0.2, 0) is 9.59 Å². The molecule has 0 aliphatic rings. The minimum atomic E-state index is -1.40. The average Bonchev–Trinajstić information content (AvgIpc) is 2.74. The van der Waals surface area contributed by atoms with Gasteiger partial charge >= 0.3 is 0 Å². The summed E-state index contributed by atoms with van der Waals surface area (Å²) in [4.78, 5) is 24.8. The molecule has 9 nitrogen and oxygen atoms in total. The lowest BCUT2D eigenvalue weighted by molar-refractivity contribution is -0.126. The monoisotopic (exact) mass is 435 g/mol. The molecule has 2 aromatic carbocycles. The fraction of sp³-hybridized carbons (Fsp3) is 0.300. The lowest BCUT2D eigenvalue weighted by Gasteiger charge is -2.16. The van der Waals surface area contributed by atoms with Crippen molar-refractivity contribution >= 4 is 34.7 Å². The zero-order valence-electron chi connectivity index (χ0n) is 17.2. The molecular formula is C20H22ClN3O6. The van der Waals surface area contributed by atoms with Gasteiger partial charge in [-0.3, -0.25) is 9.59 Å². The molecule has 0 bridgehead atoms. The van der Waals surface area contributed by atoms with Crippen LogP contribution in [0.25, 0.3) is 0 Å². The number of carbonyl (C=O) groups is 2. The molecule has 1 atom stereocenters. The van der Waals surface area contributed by atoms with E-state index in [1.54, 1.807) is 18.2 Å². The highest BCUT2D eigenvalue weighted by molar-refractivity contribution is 6.31. The molecule has 0 aromatic heterocycles. The number of rotatable bonds is 9. The molecule has 0 radical (unpaired) electrons. The Morgan fingerprint density at radius 3 is 2.03 bits per heavy atom. The number of carbonyl (C=O) groups excluding carboxylic acids is 2. The standard InChI is InChI=1S/C20H22ClN3O6/c1-11(25)18(24-23-14-7-6-13(27-2)10-15(14)28-3)20(26)22-19-16(29-4)8-12(21)9-17(19)30-5/h6-10,18H,1-5H3,(H,22,26). The van der Waals surface area contributed by atoms with Gasteiger partial charge in [0.2, 0.25) is 6.04 Å². The summed E-state index contributed by atoms with van der Waals surface area (Å²) < 4.78 is 20.9. The number of amides is 1. The first-order chi connectivity index (χ1) is 14.3. The number of hydrogen-bond acceptors (Lipinski definition) is 8. The quantitative estimate of drug-likeness (QED) is 0.470. The second-order valence-electron chi connectivity index (χ2n) is 5.94. The molecule has 2 rings (SSSR count). The van der Waals surface area contributed by atoms with E-state index in [4.69, 9.17) is 30.5 Å². The minimum absolute atomic E-state index is 0.220. The first-order valence-electron chi connectivity index (χ1n) is 8.70. The van der Waals surface area contributed by atoms with Gasteiger partial charge in [-0.25, -0.2) is 0 Å². The maximum atomic E-state index is 12.8. The number of nitrogens with one attached hydrogen (secondary N) is 1. The van der Waals surface area contributed by atoms with Crippen LogP contribution in [0.15, 0.2) is 40.6 Å². The van der Waals surface area contributed by atoms with Gasteiger partial charge in [0.05, 0.1) is 28.4 Å². The first-order valence-corrected chi connectivity index (χ1v) is 9.08. The van der Waals surface area contributed by atoms with E-state index in [-0.39, 0.29) is 17.2 Å². The molecule has 160 valence electrons. The van der Waals surface area contributed by atoms with Crippen molar-refractivity contribution in [3.8, 4) is 23.0 Å². The van der Waals surface area contributed by atoms with E-state index in [0.29, 0.717) is 22.2 Å². The van der Waals surface area contributed by atoms with Gasteiger partial charge in [-0.1, -0.05) is 11.6 Å². The number of ketones is 1. The van der Waals surface area contributed by atoms with Gasteiger partial charge < -0.3 is 24.3 Å². The Bertz CT molecular complexity index is 939. The van der Waals surface area contributed by atoms with Crippen LogP contribution in [0.1, 0.15) is 6.92 Å². The molecule has 1 amide bonds. The molecule has 0 saturated carbocycles. The van der Waals surface area contributed by atoms with Crippen molar-refractivity contribution in [2.45, 2.75) is 13.0 Å². The van der Waals surface area contributed by atoms with Crippen molar-refractivity contribution in [3.63, 3.8) is 0 Å². The average molecular weight is 436 g/mol. The molecule has 1 N–H and O–H groups in total. The third-order valence-electron chi connectivity index (χ3n) is 4.02.